The van der Waals surface area contributed by atoms with Crippen molar-refractivity contribution in [3.8, 4) is 0 Å². The SMILES string of the molecule is Cc1c(C(=O)OC(C)C)sc2ncnc(Nc3cccc(F)c3)c12. The maximum absolute atomic E-state index is 13.4. The quantitative estimate of drug-likeness (QED) is 0.708. The Balaban J connectivity index is 2.03. The van der Waals surface area contributed by atoms with Gasteiger partial charge in [0, 0.05) is 5.69 Å². The number of nitrogens with zero attached hydrogens (tertiary/aromatic N) is 2. The number of benzene rings is 1. The minimum absolute atomic E-state index is 0.196. The van der Waals surface area contributed by atoms with Crippen molar-refractivity contribution in [1.82, 2.24) is 9.97 Å². The highest BCUT2D eigenvalue weighted by Crippen LogP contribution is 2.35. The lowest BCUT2D eigenvalue weighted by Gasteiger charge is -2.08. The number of carbonyl (C=O) groups is 1. The van der Waals surface area contributed by atoms with E-state index in [9.17, 15) is 9.18 Å². The highest BCUT2D eigenvalue weighted by molar-refractivity contribution is 7.20. The Kier molecular flexibility index (Phi) is 4.44. The van der Waals surface area contributed by atoms with Gasteiger partial charge in [-0.3, -0.25) is 0 Å². The molecule has 0 aliphatic rings. The molecule has 0 spiro atoms. The van der Waals surface area contributed by atoms with E-state index in [1.165, 1.54) is 29.8 Å². The minimum Gasteiger partial charge on any atom is -0.459 e. The van der Waals surface area contributed by atoms with Gasteiger partial charge in [0.1, 0.15) is 27.7 Å². The van der Waals surface area contributed by atoms with E-state index in [2.05, 4.69) is 15.3 Å². The molecule has 0 saturated heterocycles. The highest BCUT2D eigenvalue weighted by Gasteiger charge is 2.21. The molecule has 0 amide bonds. The molecule has 2 heterocycles. The number of aromatic nitrogens is 2. The number of hydrogen-bond acceptors (Lipinski definition) is 6. The number of esters is 1. The molecule has 0 bridgehead atoms. The van der Waals surface area contributed by atoms with Gasteiger partial charge < -0.3 is 10.1 Å². The second-order valence-corrected chi connectivity index (χ2v) is 6.55. The topological polar surface area (TPSA) is 64.1 Å². The largest absolute Gasteiger partial charge is 0.459 e. The summed E-state index contributed by atoms with van der Waals surface area (Å²) < 4.78 is 18.6. The van der Waals surface area contributed by atoms with Crippen molar-refractivity contribution in [3.63, 3.8) is 0 Å². The third-order valence-electron chi connectivity index (χ3n) is 3.34. The van der Waals surface area contributed by atoms with Crippen molar-refractivity contribution < 1.29 is 13.9 Å². The average molecular weight is 345 g/mol. The molecular formula is C17H16FN3O2S. The Bertz CT molecular complexity index is 908. The highest BCUT2D eigenvalue weighted by atomic mass is 32.1. The first kappa shape index (κ1) is 16.3. The lowest BCUT2D eigenvalue weighted by Crippen LogP contribution is -2.11. The summed E-state index contributed by atoms with van der Waals surface area (Å²) in [4.78, 5) is 21.9. The molecule has 2 aromatic heterocycles. The number of ether oxygens (including phenoxy) is 1. The summed E-state index contributed by atoms with van der Waals surface area (Å²) in [5.74, 6) is -0.182. The molecule has 0 fully saturated rings. The zero-order valence-corrected chi connectivity index (χ0v) is 14.3. The third kappa shape index (κ3) is 3.21. The van der Waals surface area contributed by atoms with Crippen LogP contribution in [-0.4, -0.2) is 22.0 Å². The average Bonchev–Trinajstić information content (AvgIpc) is 2.85. The first-order valence-electron chi connectivity index (χ1n) is 7.43. The predicted molar refractivity (Wildman–Crippen MR) is 92.4 cm³/mol. The standard InChI is InChI=1S/C17H16FN3O2S/c1-9(2)23-17(22)14-10(3)13-15(19-8-20-16(13)24-14)21-12-6-4-5-11(18)7-12/h4-9H,1-3H3,(H,19,20,21). The van der Waals surface area contributed by atoms with Gasteiger partial charge in [0.15, 0.2) is 0 Å². The predicted octanol–water partition coefficient (Wildman–Crippen LogP) is 4.45. The Morgan fingerprint density at radius 2 is 2.12 bits per heavy atom. The van der Waals surface area contributed by atoms with E-state index in [0.717, 1.165) is 10.9 Å². The molecule has 0 radical (unpaired) electrons. The van der Waals surface area contributed by atoms with Crippen molar-refractivity contribution in [1.29, 1.82) is 0 Å². The zero-order valence-electron chi connectivity index (χ0n) is 13.5. The van der Waals surface area contributed by atoms with E-state index in [-0.39, 0.29) is 17.9 Å². The van der Waals surface area contributed by atoms with Gasteiger partial charge in [0.05, 0.1) is 11.5 Å². The fourth-order valence-electron chi connectivity index (χ4n) is 2.33. The summed E-state index contributed by atoms with van der Waals surface area (Å²) in [6.07, 6.45) is 1.22. The number of nitrogens with one attached hydrogen (secondary N) is 1. The molecule has 3 aromatic rings. The molecule has 0 aliphatic carbocycles. The van der Waals surface area contributed by atoms with Crippen LogP contribution in [0.5, 0.6) is 0 Å². The van der Waals surface area contributed by atoms with E-state index in [0.29, 0.717) is 21.2 Å². The number of carbonyl (C=O) groups excluding carboxylic acids is 1. The van der Waals surface area contributed by atoms with Crippen LogP contribution in [0.25, 0.3) is 10.2 Å². The summed E-state index contributed by atoms with van der Waals surface area (Å²) in [5.41, 5.74) is 1.33. The number of anilines is 2. The molecule has 0 atom stereocenters. The van der Waals surface area contributed by atoms with Crippen molar-refractivity contribution in [2.75, 3.05) is 5.32 Å². The molecule has 24 heavy (non-hydrogen) atoms. The molecular weight excluding hydrogens is 329 g/mol. The van der Waals surface area contributed by atoms with Crippen molar-refractivity contribution in [3.05, 3.63) is 46.9 Å². The van der Waals surface area contributed by atoms with Crippen LogP contribution in [0.4, 0.5) is 15.9 Å². The van der Waals surface area contributed by atoms with Crippen molar-refractivity contribution in [2.45, 2.75) is 26.9 Å². The maximum Gasteiger partial charge on any atom is 0.348 e. The van der Waals surface area contributed by atoms with Gasteiger partial charge in [-0.2, -0.15) is 0 Å². The summed E-state index contributed by atoms with van der Waals surface area (Å²) in [6.45, 7) is 5.43. The van der Waals surface area contributed by atoms with Gasteiger partial charge >= 0.3 is 5.97 Å². The van der Waals surface area contributed by atoms with E-state index in [1.807, 2.05) is 6.92 Å². The normalized spacial score (nSPS) is 11.0. The van der Waals surface area contributed by atoms with E-state index in [4.69, 9.17) is 4.74 Å². The number of rotatable bonds is 4. The first-order valence-corrected chi connectivity index (χ1v) is 8.25. The van der Waals surface area contributed by atoms with Gasteiger partial charge in [0.25, 0.3) is 0 Å². The number of fused-ring (bicyclic) bond motifs is 1. The smallest absolute Gasteiger partial charge is 0.348 e. The lowest BCUT2D eigenvalue weighted by molar-refractivity contribution is 0.0383. The van der Waals surface area contributed by atoms with Crippen LogP contribution < -0.4 is 5.32 Å². The van der Waals surface area contributed by atoms with Crippen LogP contribution in [0.1, 0.15) is 29.1 Å². The Morgan fingerprint density at radius 3 is 2.83 bits per heavy atom. The van der Waals surface area contributed by atoms with Crippen LogP contribution in [0, 0.1) is 12.7 Å². The van der Waals surface area contributed by atoms with Crippen LogP contribution in [-0.2, 0) is 4.74 Å². The third-order valence-corrected chi connectivity index (χ3v) is 4.52. The summed E-state index contributed by atoms with van der Waals surface area (Å²) in [6, 6.07) is 6.11. The van der Waals surface area contributed by atoms with Crippen LogP contribution in [0.3, 0.4) is 0 Å². The number of hydrogen-bond donors (Lipinski definition) is 1. The van der Waals surface area contributed by atoms with Gasteiger partial charge in [-0.15, -0.1) is 11.3 Å². The van der Waals surface area contributed by atoms with Gasteiger partial charge in [-0.1, -0.05) is 6.07 Å². The number of thiophene rings is 1. The second kappa shape index (κ2) is 6.52. The number of halogens is 1. The molecule has 0 unspecified atom stereocenters. The van der Waals surface area contributed by atoms with Crippen LogP contribution in [0.15, 0.2) is 30.6 Å². The summed E-state index contributed by atoms with van der Waals surface area (Å²) in [5, 5.41) is 3.82. The molecule has 5 nitrogen and oxygen atoms in total. The Morgan fingerprint density at radius 1 is 1.33 bits per heavy atom. The summed E-state index contributed by atoms with van der Waals surface area (Å²) in [7, 11) is 0. The summed E-state index contributed by atoms with van der Waals surface area (Å²) >= 11 is 1.26. The van der Waals surface area contributed by atoms with Crippen molar-refractivity contribution in [2.24, 2.45) is 0 Å². The van der Waals surface area contributed by atoms with Crippen LogP contribution in [0.2, 0.25) is 0 Å². The van der Waals surface area contributed by atoms with Gasteiger partial charge in [0.2, 0.25) is 0 Å². The molecule has 124 valence electrons. The zero-order chi connectivity index (χ0) is 17.3. The Hall–Kier alpha value is -2.54. The van der Waals surface area contributed by atoms with Crippen molar-refractivity contribution >= 4 is 39.0 Å². The lowest BCUT2D eigenvalue weighted by atomic mass is 10.2. The monoisotopic (exact) mass is 345 g/mol. The van der Waals surface area contributed by atoms with Gasteiger partial charge in [-0.05, 0) is 44.5 Å². The van der Waals surface area contributed by atoms with Crippen LogP contribution >= 0.6 is 11.3 Å². The fourth-order valence-corrected chi connectivity index (χ4v) is 3.36. The minimum atomic E-state index is -0.373. The van der Waals surface area contributed by atoms with E-state index >= 15 is 0 Å². The molecule has 0 aliphatic heterocycles. The van der Waals surface area contributed by atoms with Gasteiger partial charge in [-0.25, -0.2) is 19.2 Å². The first-order chi connectivity index (χ1) is 11.5. The molecule has 0 saturated carbocycles. The molecule has 1 N–H and O–H groups in total. The molecule has 7 heteroatoms. The number of aryl methyl sites for hydroxylation is 1. The molecule has 1 aromatic carbocycles. The Labute approximate surface area is 142 Å². The second-order valence-electron chi connectivity index (χ2n) is 5.55. The maximum atomic E-state index is 13.4. The molecule has 3 rings (SSSR count). The van der Waals surface area contributed by atoms with E-state index in [1.54, 1.807) is 26.0 Å². The van der Waals surface area contributed by atoms with E-state index < -0.39 is 0 Å². The fraction of sp³-hybridized carbons (Fsp3) is 0.235.